The lowest BCUT2D eigenvalue weighted by Gasteiger charge is -2.28. The van der Waals surface area contributed by atoms with Crippen LogP contribution in [0.25, 0.3) is 0 Å². The van der Waals surface area contributed by atoms with Gasteiger partial charge in [-0.3, -0.25) is 9.59 Å². The van der Waals surface area contributed by atoms with Crippen molar-refractivity contribution in [1.29, 1.82) is 0 Å². The monoisotopic (exact) mass is 341 g/mol. The smallest absolute Gasteiger partial charge is 0.312 e. The van der Waals surface area contributed by atoms with E-state index in [0.29, 0.717) is 18.0 Å². The van der Waals surface area contributed by atoms with E-state index >= 15 is 0 Å². The number of ether oxygens (including phenoxy) is 1. The van der Waals surface area contributed by atoms with Crippen LogP contribution in [0.1, 0.15) is 17.5 Å². The van der Waals surface area contributed by atoms with E-state index in [1.54, 1.807) is 11.0 Å². The van der Waals surface area contributed by atoms with Crippen LogP contribution in [-0.2, 0) is 9.59 Å². The van der Waals surface area contributed by atoms with Crippen molar-refractivity contribution in [2.75, 3.05) is 17.2 Å². The standard InChI is InChI=1S/C19H19NO3S/c1-13-7-8-15(11-14(13)2)23-19(22)9-10-20-16-5-3-4-6-17(16)24-12-18(20)21/h3-8,11H,9-10,12H2,1-2H3. The maximum Gasteiger partial charge on any atom is 0.312 e. The molecule has 2 aromatic carbocycles. The van der Waals surface area contributed by atoms with Crippen molar-refractivity contribution >= 4 is 29.3 Å². The lowest BCUT2D eigenvalue weighted by atomic mass is 10.1. The van der Waals surface area contributed by atoms with Crippen molar-refractivity contribution < 1.29 is 14.3 Å². The highest BCUT2D eigenvalue weighted by molar-refractivity contribution is 8.00. The molecular weight excluding hydrogens is 322 g/mol. The van der Waals surface area contributed by atoms with E-state index in [1.807, 2.05) is 50.2 Å². The maximum absolute atomic E-state index is 12.2. The van der Waals surface area contributed by atoms with Gasteiger partial charge in [0, 0.05) is 11.4 Å². The number of fused-ring (bicyclic) bond motifs is 1. The molecule has 0 aromatic heterocycles. The third-order valence-corrected chi connectivity index (χ3v) is 5.11. The molecule has 3 rings (SSSR count). The van der Waals surface area contributed by atoms with Gasteiger partial charge >= 0.3 is 5.97 Å². The molecule has 4 nitrogen and oxygen atoms in total. The number of anilines is 1. The average Bonchev–Trinajstić information content (AvgIpc) is 2.57. The largest absolute Gasteiger partial charge is 0.426 e. The molecule has 0 atom stereocenters. The third kappa shape index (κ3) is 3.62. The Morgan fingerprint density at radius 3 is 2.75 bits per heavy atom. The Balaban J connectivity index is 1.64. The SMILES string of the molecule is Cc1ccc(OC(=O)CCN2C(=O)CSc3ccccc32)cc1C. The molecule has 0 saturated heterocycles. The van der Waals surface area contributed by atoms with Crippen LogP contribution in [0.5, 0.6) is 5.75 Å². The minimum absolute atomic E-state index is 0.0256. The number of carbonyl (C=O) groups is 2. The number of para-hydroxylation sites is 1. The Bertz CT molecular complexity index is 788. The van der Waals surface area contributed by atoms with Gasteiger partial charge in [-0.15, -0.1) is 11.8 Å². The molecule has 1 amide bonds. The van der Waals surface area contributed by atoms with Crippen LogP contribution < -0.4 is 9.64 Å². The number of esters is 1. The van der Waals surface area contributed by atoms with Crippen LogP contribution in [0.3, 0.4) is 0 Å². The van der Waals surface area contributed by atoms with Gasteiger partial charge in [0.1, 0.15) is 5.75 Å². The van der Waals surface area contributed by atoms with Crippen LogP contribution in [0.2, 0.25) is 0 Å². The van der Waals surface area contributed by atoms with E-state index in [0.717, 1.165) is 21.7 Å². The second-order valence-corrected chi connectivity index (χ2v) is 6.79. The fraction of sp³-hybridized carbons (Fsp3) is 0.263. The summed E-state index contributed by atoms with van der Waals surface area (Å²) in [5, 5.41) is 0. The highest BCUT2D eigenvalue weighted by Crippen LogP contribution is 2.34. The number of hydrogen-bond donors (Lipinski definition) is 0. The summed E-state index contributed by atoms with van der Waals surface area (Å²) in [4.78, 5) is 27.0. The van der Waals surface area contributed by atoms with Gasteiger partial charge in [-0.2, -0.15) is 0 Å². The van der Waals surface area contributed by atoms with Gasteiger partial charge in [-0.25, -0.2) is 0 Å². The van der Waals surface area contributed by atoms with Gasteiger partial charge in [0.25, 0.3) is 0 Å². The molecule has 24 heavy (non-hydrogen) atoms. The van der Waals surface area contributed by atoms with Crippen molar-refractivity contribution in [3.63, 3.8) is 0 Å². The second kappa shape index (κ2) is 7.09. The second-order valence-electron chi connectivity index (χ2n) is 5.77. The Labute approximate surface area is 145 Å². The molecule has 0 radical (unpaired) electrons. The molecule has 0 aliphatic carbocycles. The minimum atomic E-state index is -0.332. The Kier molecular flexibility index (Phi) is 4.90. The van der Waals surface area contributed by atoms with Crippen LogP contribution in [0, 0.1) is 13.8 Å². The molecule has 0 spiro atoms. The van der Waals surface area contributed by atoms with Gasteiger partial charge in [-0.1, -0.05) is 18.2 Å². The molecular formula is C19H19NO3S. The van der Waals surface area contributed by atoms with Gasteiger partial charge in [0.2, 0.25) is 5.91 Å². The molecule has 1 aliphatic heterocycles. The topological polar surface area (TPSA) is 46.6 Å². The van der Waals surface area contributed by atoms with Crippen molar-refractivity contribution in [2.45, 2.75) is 25.2 Å². The molecule has 0 N–H and O–H groups in total. The maximum atomic E-state index is 12.2. The summed E-state index contributed by atoms with van der Waals surface area (Å²) in [5.74, 6) is 0.645. The predicted molar refractivity (Wildman–Crippen MR) is 95.7 cm³/mol. The highest BCUT2D eigenvalue weighted by Gasteiger charge is 2.24. The first-order chi connectivity index (χ1) is 11.5. The van der Waals surface area contributed by atoms with Crippen molar-refractivity contribution in [3.05, 3.63) is 53.6 Å². The fourth-order valence-electron chi connectivity index (χ4n) is 2.56. The molecule has 5 heteroatoms. The van der Waals surface area contributed by atoms with Crippen LogP contribution in [-0.4, -0.2) is 24.2 Å². The van der Waals surface area contributed by atoms with Gasteiger partial charge in [-0.05, 0) is 49.2 Å². The number of nitrogens with zero attached hydrogens (tertiary/aromatic N) is 1. The minimum Gasteiger partial charge on any atom is -0.426 e. The highest BCUT2D eigenvalue weighted by atomic mass is 32.2. The Morgan fingerprint density at radius 1 is 1.17 bits per heavy atom. The van der Waals surface area contributed by atoms with Crippen LogP contribution in [0.15, 0.2) is 47.4 Å². The number of hydrogen-bond acceptors (Lipinski definition) is 4. The predicted octanol–water partition coefficient (Wildman–Crippen LogP) is 3.74. The molecule has 2 aromatic rings. The summed E-state index contributed by atoms with van der Waals surface area (Å²) in [5.41, 5.74) is 3.11. The van der Waals surface area contributed by atoms with E-state index in [2.05, 4.69) is 0 Å². The lowest BCUT2D eigenvalue weighted by molar-refractivity contribution is -0.134. The molecule has 0 unspecified atom stereocenters. The summed E-state index contributed by atoms with van der Waals surface area (Å²) < 4.78 is 5.38. The van der Waals surface area contributed by atoms with E-state index in [1.165, 1.54) is 11.8 Å². The summed E-state index contributed by atoms with van der Waals surface area (Å²) >= 11 is 1.53. The van der Waals surface area contributed by atoms with Gasteiger partial charge in [0.15, 0.2) is 0 Å². The first-order valence-corrected chi connectivity index (χ1v) is 8.83. The van der Waals surface area contributed by atoms with E-state index in [9.17, 15) is 9.59 Å². The summed E-state index contributed by atoms with van der Waals surface area (Å²) in [6.45, 7) is 4.33. The normalized spacial score (nSPS) is 13.6. The van der Waals surface area contributed by atoms with E-state index < -0.39 is 0 Å². The van der Waals surface area contributed by atoms with Crippen LogP contribution in [0.4, 0.5) is 5.69 Å². The molecule has 124 valence electrons. The average molecular weight is 341 g/mol. The number of rotatable bonds is 4. The van der Waals surface area contributed by atoms with Gasteiger partial charge < -0.3 is 9.64 Å². The fourth-order valence-corrected chi connectivity index (χ4v) is 3.50. The number of carbonyl (C=O) groups excluding carboxylic acids is 2. The number of aryl methyl sites for hydroxylation is 2. The molecule has 0 saturated carbocycles. The summed E-state index contributed by atoms with van der Waals surface area (Å²) in [7, 11) is 0. The Morgan fingerprint density at radius 2 is 1.96 bits per heavy atom. The number of thioether (sulfide) groups is 1. The van der Waals surface area contributed by atoms with E-state index in [4.69, 9.17) is 4.74 Å². The molecule has 0 bridgehead atoms. The van der Waals surface area contributed by atoms with Crippen LogP contribution >= 0.6 is 11.8 Å². The van der Waals surface area contributed by atoms with E-state index in [-0.39, 0.29) is 18.3 Å². The van der Waals surface area contributed by atoms with Crippen molar-refractivity contribution in [1.82, 2.24) is 0 Å². The zero-order valence-corrected chi connectivity index (χ0v) is 14.6. The number of amides is 1. The zero-order valence-electron chi connectivity index (χ0n) is 13.7. The molecule has 1 heterocycles. The first kappa shape index (κ1) is 16.6. The molecule has 0 fully saturated rings. The number of benzene rings is 2. The molecule has 1 aliphatic rings. The van der Waals surface area contributed by atoms with Crippen molar-refractivity contribution in [2.24, 2.45) is 0 Å². The summed E-state index contributed by atoms with van der Waals surface area (Å²) in [6.07, 6.45) is 0.164. The lowest BCUT2D eigenvalue weighted by Crippen LogP contribution is -2.37. The van der Waals surface area contributed by atoms with Gasteiger partial charge in [0.05, 0.1) is 17.9 Å². The Hall–Kier alpha value is -2.27. The van der Waals surface area contributed by atoms with Crippen molar-refractivity contribution in [3.8, 4) is 5.75 Å². The summed E-state index contributed by atoms with van der Waals surface area (Å²) in [6, 6.07) is 13.3. The third-order valence-electron chi connectivity index (χ3n) is 4.06. The quantitative estimate of drug-likeness (QED) is 0.628. The zero-order chi connectivity index (χ0) is 17.1. The first-order valence-electron chi connectivity index (χ1n) is 7.85.